The Morgan fingerprint density at radius 1 is 1.17 bits per heavy atom. The molecule has 0 aliphatic heterocycles. The van der Waals surface area contributed by atoms with E-state index in [0.717, 1.165) is 5.57 Å². The normalized spacial score (nSPS) is 13.4. The van der Waals surface area contributed by atoms with Crippen molar-refractivity contribution in [3.05, 3.63) is 23.3 Å². The van der Waals surface area contributed by atoms with E-state index in [1.807, 2.05) is 6.92 Å². The first kappa shape index (κ1) is 23.1. The summed E-state index contributed by atoms with van der Waals surface area (Å²) in [4.78, 5) is 17.4. The van der Waals surface area contributed by atoms with Gasteiger partial charge in [0.25, 0.3) is 0 Å². The Morgan fingerprint density at radius 2 is 1.67 bits per heavy atom. The summed E-state index contributed by atoms with van der Waals surface area (Å²) in [6, 6.07) is 0. The van der Waals surface area contributed by atoms with Crippen LogP contribution in [0.5, 0.6) is 0 Å². The van der Waals surface area contributed by atoms with E-state index in [9.17, 15) is 4.79 Å². The fraction of sp³-hybridized carbons (Fsp3) is 0.737. The minimum atomic E-state index is -1.98. The Morgan fingerprint density at radius 3 is 2.00 bits per heavy atom. The van der Waals surface area contributed by atoms with Gasteiger partial charge in [0.15, 0.2) is 8.32 Å². The Hall–Kier alpha value is -0.913. The number of amides is 1. The van der Waals surface area contributed by atoms with Crippen molar-refractivity contribution in [1.82, 2.24) is 5.06 Å². The van der Waals surface area contributed by atoms with Gasteiger partial charge >= 0.3 is 0 Å². The predicted octanol–water partition coefficient (Wildman–Crippen LogP) is 5.09. The molecule has 140 valence electrons. The number of rotatable bonds is 8. The lowest BCUT2D eigenvalue weighted by molar-refractivity contribution is -0.170. The second kappa shape index (κ2) is 8.97. The van der Waals surface area contributed by atoms with E-state index < -0.39 is 8.32 Å². The molecule has 0 rings (SSSR count). The van der Waals surface area contributed by atoms with Gasteiger partial charge in [0.1, 0.15) is 0 Å². The van der Waals surface area contributed by atoms with Gasteiger partial charge < -0.3 is 4.43 Å². The lowest BCUT2D eigenvalue weighted by Crippen LogP contribution is -2.45. The van der Waals surface area contributed by atoms with Crippen LogP contribution < -0.4 is 0 Å². The van der Waals surface area contributed by atoms with E-state index in [2.05, 4.69) is 54.3 Å². The number of hydroxylamine groups is 2. The zero-order valence-electron chi connectivity index (χ0n) is 17.4. The Bertz CT molecular complexity index is 485. The van der Waals surface area contributed by atoms with E-state index in [4.69, 9.17) is 9.26 Å². The maximum absolute atomic E-state index is 12.3. The fourth-order valence-corrected chi connectivity index (χ4v) is 3.56. The van der Waals surface area contributed by atoms with Gasteiger partial charge in [-0.25, -0.2) is 5.06 Å². The molecule has 0 radical (unpaired) electrons. The smallest absolute Gasteiger partial charge is 0.248 e. The van der Waals surface area contributed by atoms with Gasteiger partial charge in [-0.05, 0) is 50.9 Å². The number of allylic oxidation sites excluding steroid dienone is 2. The van der Waals surface area contributed by atoms with Gasteiger partial charge in [-0.1, -0.05) is 38.5 Å². The van der Waals surface area contributed by atoms with Gasteiger partial charge in [0.05, 0.1) is 19.6 Å². The second-order valence-corrected chi connectivity index (χ2v) is 13.0. The number of carbonyl (C=O) groups excluding carboxylic acids is 1. The van der Waals surface area contributed by atoms with Gasteiger partial charge in [-0.15, -0.1) is 0 Å². The molecule has 24 heavy (non-hydrogen) atoms. The highest BCUT2D eigenvalue weighted by Gasteiger charge is 2.39. The molecule has 0 aromatic carbocycles. The maximum atomic E-state index is 12.3. The van der Waals surface area contributed by atoms with Crippen molar-refractivity contribution in [2.75, 3.05) is 14.2 Å². The summed E-state index contributed by atoms with van der Waals surface area (Å²) in [6.45, 7) is 21.3. The van der Waals surface area contributed by atoms with E-state index in [-0.39, 0.29) is 17.0 Å². The third kappa shape index (κ3) is 6.91. The summed E-state index contributed by atoms with van der Waals surface area (Å²) in [5, 5.41) is 1.36. The van der Waals surface area contributed by atoms with Crippen LogP contribution in [-0.4, -0.2) is 39.5 Å². The van der Waals surface area contributed by atoms with Crippen molar-refractivity contribution in [2.45, 2.75) is 78.6 Å². The third-order valence-corrected chi connectivity index (χ3v) is 9.38. The average molecular weight is 356 g/mol. The number of hydrogen-bond acceptors (Lipinski definition) is 3. The van der Waals surface area contributed by atoms with Crippen LogP contribution in [0.3, 0.4) is 0 Å². The molecular formula is C19H37NO3Si. The summed E-state index contributed by atoms with van der Waals surface area (Å²) in [6.07, 6.45) is 0.839. The molecule has 0 spiro atoms. The summed E-state index contributed by atoms with van der Waals surface area (Å²) in [5.41, 5.74) is 3.44. The van der Waals surface area contributed by atoms with Crippen molar-refractivity contribution < 1.29 is 14.1 Å². The minimum absolute atomic E-state index is 0.0731. The monoisotopic (exact) mass is 355 g/mol. The Labute approximate surface area is 150 Å². The predicted molar refractivity (Wildman–Crippen MR) is 104 cm³/mol. The van der Waals surface area contributed by atoms with Crippen molar-refractivity contribution in [3.8, 4) is 0 Å². The molecule has 0 heterocycles. The molecule has 0 saturated heterocycles. The molecule has 0 aliphatic carbocycles. The van der Waals surface area contributed by atoms with Crippen molar-refractivity contribution in [1.29, 1.82) is 0 Å². The van der Waals surface area contributed by atoms with Gasteiger partial charge in [-0.3, -0.25) is 9.63 Å². The van der Waals surface area contributed by atoms with Gasteiger partial charge in [0.2, 0.25) is 5.91 Å². The molecule has 0 saturated carbocycles. The minimum Gasteiger partial charge on any atom is -0.413 e. The van der Waals surface area contributed by atoms with Crippen LogP contribution in [0, 0.1) is 0 Å². The summed E-state index contributed by atoms with van der Waals surface area (Å²) >= 11 is 0. The highest BCUT2D eigenvalue weighted by molar-refractivity contribution is 6.74. The number of carbonyl (C=O) groups is 1. The van der Waals surface area contributed by atoms with E-state index >= 15 is 0 Å². The lowest BCUT2D eigenvalue weighted by Gasteiger charge is -2.39. The molecular weight excluding hydrogens is 318 g/mol. The Balaban J connectivity index is 5.49. The standard InChI is InChI=1S/C19H37NO3Si/c1-14(2)17(15(3)4)12-16(13-18(21)20(8)22-9)23-24(10,11)19(5,6)7/h16H,1,12-13H2,2-11H3. The first-order chi connectivity index (χ1) is 10.7. The van der Waals surface area contributed by atoms with Crippen LogP contribution in [-0.2, 0) is 14.1 Å². The van der Waals surface area contributed by atoms with Crippen LogP contribution >= 0.6 is 0 Å². The molecule has 1 unspecified atom stereocenters. The topological polar surface area (TPSA) is 38.8 Å². The van der Waals surface area contributed by atoms with Crippen LogP contribution in [0.25, 0.3) is 0 Å². The molecule has 0 aromatic rings. The SMILES string of the molecule is C=C(C)C(CC(CC(=O)N(C)OC)O[Si](C)(C)C(C)(C)C)=C(C)C. The zero-order chi connectivity index (χ0) is 19.3. The van der Waals surface area contributed by atoms with Crippen LogP contribution in [0.15, 0.2) is 23.3 Å². The molecule has 4 nitrogen and oxygen atoms in total. The molecule has 0 aliphatic rings. The van der Waals surface area contributed by atoms with Gasteiger partial charge in [-0.2, -0.15) is 0 Å². The summed E-state index contributed by atoms with van der Waals surface area (Å²) in [7, 11) is 1.15. The first-order valence-corrected chi connectivity index (χ1v) is 11.4. The molecule has 0 fully saturated rings. The fourth-order valence-electron chi connectivity index (χ4n) is 2.21. The molecule has 0 bridgehead atoms. The van der Waals surface area contributed by atoms with E-state index in [1.165, 1.54) is 23.3 Å². The van der Waals surface area contributed by atoms with Crippen LogP contribution in [0.2, 0.25) is 18.1 Å². The van der Waals surface area contributed by atoms with Gasteiger partial charge in [0, 0.05) is 7.05 Å². The highest BCUT2D eigenvalue weighted by atomic mass is 28.4. The summed E-state index contributed by atoms with van der Waals surface area (Å²) < 4.78 is 6.56. The van der Waals surface area contributed by atoms with Crippen molar-refractivity contribution in [2.24, 2.45) is 0 Å². The lowest BCUT2D eigenvalue weighted by atomic mass is 9.96. The quantitative estimate of drug-likeness (QED) is 0.346. The summed E-state index contributed by atoms with van der Waals surface area (Å²) in [5.74, 6) is -0.0731. The first-order valence-electron chi connectivity index (χ1n) is 8.53. The van der Waals surface area contributed by atoms with Crippen molar-refractivity contribution >= 4 is 14.2 Å². The van der Waals surface area contributed by atoms with E-state index in [0.29, 0.717) is 12.8 Å². The molecule has 0 N–H and O–H groups in total. The molecule has 1 atom stereocenters. The second-order valence-electron chi connectivity index (χ2n) is 8.24. The number of nitrogens with zero attached hydrogens (tertiary/aromatic N) is 1. The average Bonchev–Trinajstić information content (AvgIpc) is 2.40. The maximum Gasteiger partial charge on any atom is 0.248 e. The van der Waals surface area contributed by atoms with E-state index in [1.54, 1.807) is 7.05 Å². The largest absolute Gasteiger partial charge is 0.413 e. The Kier molecular flexibility index (Phi) is 8.63. The third-order valence-electron chi connectivity index (χ3n) is 4.85. The van der Waals surface area contributed by atoms with Crippen molar-refractivity contribution in [3.63, 3.8) is 0 Å². The van der Waals surface area contributed by atoms with Crippen LogP contribution in [0.1, 0.15) is 54.4 Å². The van der Waals surface area contributed by atoms with Crippen LogP contribution in [0.4, 0.5) is 0 Å². The molecule has 1 amide bonds. The highest BCUT2D eigenvalue weighted by Crippen LogP contribution is 2.38. The molecule has 5 heteroatoms. The molecule has 0 aromatic heterocycles. The zero-order valence-corrected chi connectivity index (χ0v) is 18.4. The number of hydrogen-bond donors (Lipinski definition) is 0.